The number of aromatic nitrogens is 1. The average Bonchev–Trinajstić information content (AvgIpc) is 2.92. The zero-order valence-electron chi connectivity index (χ0n) is 19.5. The molecule has 0 saturated carbocycles. The maximum atomic E-state index is 13.9. The number of carbonyl (C=O) groups excluding carboxylic acids is 1. The number of fused-ring (bicyclic) bond motifs is 1. The van der Waals surface area contributed by atoms with Crippen LogP contribution in [0.5, 0.6) is 11.5 Å². The molecule has 0 N–H and O–H groups in total. The number of hydrogen-bond donors (Lipinski definition) is 0. The summed E-state index contributed by atoms with van der Waals surface area (Å²) < 4.78 is 13.3. The van der Waals surface area contributed by atoms with Crippen LogP contribution < -0.4 is 15.0 Å². The zero-order valence-corrected chi connectivity index (χ0v) is 19.5. The first-order chi connectivity index (χ1) is 15.9. The largest absolute Gasteiger partial charge is 0.493 e. The number of ether oxygens (including phenoxy) is 2. The van der Waals surface area contributed by atoms with Gasteiger partial charge < -0.3 is 18.9 Å². The summed E-state index contributed by atoms with van der Waals surface area (Å²) in [6, 6.07) is 13.7. The van der Waals surface area contributed by atoms with E-state index < -0.39 is 5.54 Å². The number of hydrogen-bond acceptors (Lipinski definition) is 4. The SMILES string of the molecule is COc1ccc2cc(C(=O)N3CCc4ccccc4C3(C)C)c(=O)n3c2c1OCCCCC3. The molecule has 1 amide bonds. The highest BCUT2D eigenvalue weighted by molar-refractivity contribution is 5.99. The van der Waals surface area contributed by atoms with E-state index >= 15 is 0 Å². The Labute approximate surface area is 193 Å². The van der Waals surface area contributed by atoms with Gasteiger partial charge in [-0.1, -0.05) is 24.3 Å². The van der Waals surface area contributed by atoms with Crippen molar-refractivity contribution in [2.45, 2.75) is 51.6 Å². The second-order valence-electron chi connectivity index (χ2n) is 9.38. The minimum atomic E-state index is -0.505. The van der Waals surface area contributed by atoms with Gasteiger partial charge in [0.1, 0.15) is 5.56 Å². The summed E-state index contributed by atoms with van der Waals surface area (Å²) in [5.74, 6) is 0.967. The zero-order chi connectivity index (χ0) is 23.2. The van der Waals surface area contributed by atoms with E-state index in [0.29, 0.717) is 36.7 Å². The number of pyridine rings is 1. The van der Waals surface area contributed by atoms with Gasteiger partial charge in [0.05, 0.1) is 24.8 Å². The summed E-state index contributed by atoms with van der Waals surface area (Å²) in [6.45, 7) is 5.82. The van der Waals surface area contributed by atoms with Crippen LogP contribution in [0.1, 0.15) is 54.6 Å². The van der Waals surface area contributed by atoms with Crippen LogP contribution in [0.4, 0.5) is 0 Å². The average molecular weight is 447 g/mol. The fourth-order valence-corrected chi connectivity index (χ4v) is 5.31. The smallest absolute Gasteiger partial charge is 0.264 e. The van der Waals surface area contributed by atoms with Crippen LogP contribution in [-0.2, 0) is 18.5 Å². The molecule has 2 aromatic carbocycles. The lowest BCUT2D eigenvalue weighted by Gasteiger charge is -2.44. The molecule has 0 unspecified atom stereocenters. The molecule has 0 fully saturated rings. The van der Waals surface area contributed by atoms with E-state index in [4.69, 9.17) is 9.47 Å². The Kier molecular flexibility index (Phi) is 5.39. The number of nitrogens with zero attached hydrogens (tertiary/aromatic N) is 2. The van der Waals surface area contributed by atoms with E-state index in [2.05, 4.69) is 26.0 Å². The molecule has 2 aliphatic heterocycles. The highest BCUT2D eigenvalue weighted by Crippen LogP contribution is 2.38. The van der Waals surface area contributed by atoms with Crippen molar-refractivity contribution in [3.63, 3.8) is 0 Å². The predicted octanol–water partition coefficient (Wildman–Crippen LogP) is 4.51. The lowest BCUT2D eigenvalue weighted by molar-refractivity contribution is 0.0511. The van der Waals surface area contributed by atoms with Gasteiger partial charge >= 0.3 is 0 Å². The Morgan fingerprint density at radius 3 is 2.70 bits per heavy atom. The van der Waals surface area contributed by atoms with E-state index in [9.17, 15) is 9.59 Å². The second kappa shape index (κ2) is 8.25. The fourth-order valence-electron chi connectivity index (χ4n) is 5.31. The van der Waals surface area contributed by atoms with Crippen molar-refractivity contribution >= 4 is 16.8 Å². The van der Waals surface area contributed by atoms with Crippen molar-refractivity contribution in [2.24, 2.45) is 0 Å². The van der Waals surface area contributed by atoms with Crippen LogP contribution in [0.15, 0.2) is 47.3 Å². The minimum Gasteiger partial charge on any atom is -0.493 e. The van der Waals surface area contributed by atoms with Gasteiger partial charge in [-0.3, -0.25) is 9.59 Å². The highest BCUT2D eigenvalue weighted by atomic mass is 16.5. The molecule has 33 heavy (non-hydrogen) atoms. The quantitative estimate of drug-likeness (QED) is 0.581. The van der Waals surface area contributed by atoms with Gasteiger partial charge in [0.15, 0.2) is 11.5 Å². The van der Waals surface area contributed by atoms with Crippen molar-refractivity contribution in [1.29, 1.82) is 0 Å². The van der Waals surface area contributed by atoms with Gasteiger partial charge in [0.25, 0.3) is 11.5 Å². The molecular formula is C27H30N2O4. The third-order valence-corrected chi connectivity index (χ3v) is 7.10. The molecule has 0 atom stereocenters. The van der Waals surface area contributed by atoms with Gasteiger partial charge in [-0.2, -0.15) is 0 Å². The third kappa shape index (κ3) is 3.48. The maximum Gasteiger partial charge on any atom is 0.264 e. The topological polar surface area (TPSA) is 60.8 Å². The van der Waals surface area contributed by atoms with Crippen molar-refractivity contribution in [3.05, 3.63) is 69.5 Å². The standard InChI is InChI=1S/C27H30N2O4/c1-27(2)21-10-6-5-9-18(21)13-15-29(27)26(31)20-17-19-11-12-22(32-3)24-23(19)28(25(20)30)14-7-4-8-16-33-24/h5-6,9-12,17H,4,7-8,13-16H2,1-3H3. The predicted molar refractivity (Wildman–Crippen MR) is 128 cm³/mol. The summed E-state index contributed by atoms with van der Waals surface area (Å²) in [4.78, 5) is 29.4. The van der Waals surface area contributed by atoms with E-state index in [-0.39, 0.29) is 17.0 Å². The summed E-state index contributed by atoms with van der Waals surface area (Å²) in [7, 11) is 1.60. The molecule has 0 bridgehead atoms. The van der Waals surface area contributed by atoms with Crippen molar-refractivity contribution in [3.8, 4) is 11.5 Å². The molecule has 0 saturated heterocycles. The van der Waals surface area contributed by atoms with Gasteiger partial charge in [-0.05, 0) is 68.9 Å². The van der Waals surface area contributed by atoms with Gasteiger partial charge in [0.2, 0.25) is 0 Å². The molecular weight excluding hydrogens is 416 g/mol. The molecule has 3 aromatic rings. The van der Waals surface area contributed by atoms with Gasteiger partial charge in [0, 0.05) is 18.5 Å². The van der Waals surface area contributed by atoms with Crippen LogP contribution in [0.2, 0.25) is 0 Å². The number of benzene rings is 2. The van der Waals surface area contributed by atoms with Crippen LogP contribution in [0, 0.1) is 0 Å². The van der Waals surface area contributed by atoms with Crippen molar-refractivity contribution in [2.75, 3.05) is 20.3 Å². The first-order valence-corrected chi connectivity index (χ1v) is 11.7. The van der Waals surface area contributed by atoms with Crippen molar-refractivity contribution in [1.82, 2.24) is 9.47 Å². The van der Waals surface area contributed by atoms with Crippen LogP contribution in [0.3, 0.4) is 0 Å². The van der Waals surface area contributed by atoms with Crippen LogP contribution in [0.25, 0.3) is 10.9 Å². The molecule has 3 heterocycles. The van der Waals surface area contributed by atoms with Crippen molar-refractivity contribution < 1.29 is 14.3 Å². The summed E-state index contributed by atoms with van der Waals surface area (Å²) in [5.41, 5.74) is 2.55. The lowest BCUT2D eigenvalue weighted by Crippen LogP contribution is -2.51. The summed E-state index contributed by atoms with van der Waals surface area (Å²) in [6.07, 6.45) is 3.51. The molecule has 1 aromatic heterocycles. The van der Waals surface area contributed by atoms with E-state index in [1.807, 2.05) is 29.2 Å². The first-order valence-electron chi connectivity index (χ1n) is 11.7. The summed E-state index contributed by atoms with van der Waals surface area (Å²) >= 11 is 0. The Morgan fingerprint density at radius 1 is 1.06 bits per heavy atom. The minimum absolute atomic E-state index is 0.213. The molecule has 5 rings (SSSR count). The Morgan fingerprint density at radius 2 is 1.88 bits per heavy atom. The molecule has 0 radical (unpaired) electrons. The highest BCUT2D eigenvalue weighted by Gasteiger charge is 2.38. The van der Waals surface area contributed by atoms with E-state index in [1.165, 1.54) is 5.56 Å². The number of carbonyl (C=O) groups is 1. The molecule has 6 heteroatoms. The Hall–Kier alpha value is -3.28. The Balaban J connectivity index is 1.66. The molecule has 172 valence electrons. The van der Waals surface area contributed by atoms with E-state index in [1.54, 1.807) is 17.7 Å². The normalized spacial score (nSPS) is 17.4. The van der Waals surface area contributed by atoms with Crippen LogP contribution >= 0.6 is 0 Å². The fraction of sp³-hybridized carbons (Fsp3) is 0.407. The molecule has 6 nitrogen and oxygen atoms in total. The molecule has 0 aliphatic carbocycles. The lowest BCUT2D eigenvalue weighted by atomic mass is 9.83. The summed E-state index contributed by atoms with van der Waals surface area (Å²) in [5, 5.41) is 0.811. The monoisotopic (exact) mass is 446 g/mol. The number of amides is 1. The Bertz CT molecular complexity index is 1290. The molecule has 2 aliphatic rings. The van der Waals surface area contributed by atoms with Crippen LogP contribution in [-0.4, -0.2) is 35.6 Å². The third-order valence-electron chi connectivity index (χ3n) is 7.10. The number of methoxy groups -OCH3 is 1. The first kappa shape index (κ1) is 21.6. The van der Waals surface area contributed by atoms with Gasteiger partial charge in [-0.25, -0.2) is 0 Å². The maximum absolute atomic E-state index is 13.9. The van der Waals surface area contributed by atoms with E-state index in [0.717, 1.165) is 36.6 Å². The second-order valence-corrected chi connectivity index (χ2v) is 9.38. The molecule has 0 spiro atoms. The number of aryl methyl sites for hydroxylation is 1. The van der Waals surface area contributed by atoms with Gasteiger partial charge in [-0.15, -0.1) is 0 Å². The number of rotatable bonds is 2.